The number of carbonyl (C=O) groups is 3. The second kappa shape index (κ2) is 13.1. The van der Waals surface area contributed by atoms with E-state index in [-0.39, 0.29) is 29.2 Å². The Bertz CT molecular complexity index is 1670. The quantitative estimate of drug-likeness (QED) is 0.261. The number of carbonyl (C=O) groups excluding carboxylic acids is 3. The van der Waals surface area contributed by atoms with Gasteiger partial charge in [-0.3, -0.25) is 14.5 Å². The molecule has 12 nitrogen and oxygen atoms in total. The number of ketones is 1. The molecule has 0 spiro atoms. The third-order valence-electron chi connectivity index (χ3n) is 10.3. The minimum atomic E-state index is -0.714. The van der Waals surface area contributed by atoms with Gasteiger partial charge in [-0.1, -0.05) is 0 Å². The minimum absolute atomic E-state index is 0.0298. The molecule has 47 heavy (non-hydrogen) atoms. The van der Waals surface area contributed by atoms with Crippen molar-refractivity contribution in [3.05, 3.63) is 46.6 Å². The van der Waals surface area contributed by atoms with E-state index in [2.05, 4.69) is 9.88 Å². The fraction of sp³-hybridized carbons (Fsp3) is 0.514. The van der Waals surface area contributed by atoms with Gasteiger partial charge in [-0.25, -0.2) is 4.79 Å². The van der Waals surface area contributed by atoms with Crippen molar-refractivity contribution in [3.8, 4) is 23.0 Å². The van der Waals surface area contributed by atoms with E-state index in [0.29, 0.717) is 47.9 Å². The average molecular weight is 651 g/mol. The number of nitrogens with one attached hydrogen (secondary N) is 1. The van der Waals surface area contributed by atoms with Gasteiger partial charge in [0.15, 0.2) is 17.3 Å². The second-order valence-electron chi connectivity index (χ2n) is 12.4. The number of H-pyrrole nitrogens is 1. The molecule has 2 fully saturated rings. The molecule has 2 aliphatic heterocycles. The number of ether oxygens (including phenoxy) is 7. The summed E-state index contributed by atoms with van der Waals surface area (Å²) in [7, 11) is 8.92. The largest absolute Gasteiger partial charge is 0.496 e. The van der Waals surface area contributed by atoms with Crippen LogP contribution in [0.2, 0.25) is 0 Å². The van der Waals surface area contributed by atoms with E-state index in [0.717, 1.165) is 29.6 Å². The number of aromatic amines is 1. The number of fused-ring (bicyclic) bond motifs is 6. The van der Waals surface area contributed by atoms with Crippen LogP contribution in [0.5, 0.6) is 23.0 Å². The molecule has 6 atom stereocenters. The summed E-state index contributed by atoms with van der Waals surface area (Å²) in [5.41, 5.74) is 3.99. The highest BCUT2D eigenvalue weighted by atomic mass is 16.6. The first-order chi connectivity index (χ1) is 22.7. The molecule has 252 valence electrons. The fourth-order valence-corrected chi connectivity index (χ4v) is 8.12. The zero-order valence-electron chi connectivity index (χ0n) is 27.8. The molecule has 0 bridgehead atoms. The lowest BCUT2D eigenvalue weighted by Gasteiger charge is -2.52. The monoisotopic (exact) mass is 650 g/mol. The smallest absolute Gasteiger partial charge is 0.338 e. The maximum absolute atomic E-state index is 13.6. The standard InChI is InChI=1S/C35H42N2O10/c1-17(38)21-13-23-20-8-9-37-16-19-12-29(47-34(39)18-10-27(42-3)32(44-5)28(11-18)43-4)33(45-6)30(35(40)46-7)22(19)14-25(37)31(20)36-24(23)15-26(21)41-2/h10-11,13,15,19,22,25,29-30,33,36H,8-9,12,14,16H2,1-7H3/t19-,22+,25-,29-,30+,33+/m1/s1. The molecular formula is C35H42N2O10. The van der Waals surface area contributed by atoms with Crippen LogP contribution in [-0.4, -0.2) is 95.6 Å². The lowest BCUT2D eigenvalue weighted by Crippen LogP contribution is -2.58. The number of piperidine rings is 1. The predicted molar refractivity (Wildman–Crippen MR) is 171 cm³/mol. The maximum Gasteiger partial charge on any atom is 0.338 e. The third kappa shape index (κ3) is 5.57. The van der Waals surface area contributed by atoms with Crippen LogP contribution >= 0.6 is 0 Å². The van der Waals surface area contributed by atoms with Crippen LogP contribution in [0.15, 0.2) is 24.3 Å². The summed E-state index contributed by atoms with van der Waals surface area (Å²) in [5, 5.41) is 1.02. The molecule has 1 aliphatic carbocycles. The zero-order chi connectivity index (χ0) is 33.6. The van der Waals surface area contributed by atoms with E-state index >= 15 is 0 Å². The van der Waals surface area contributed by atoms with Crippen LogP contribution in [0.25, 0.3) is 10.9 Å². The molecule has 0 amide bonds. The van der Waals surface area contributed by atoms with Gasteiger partial charge in [-0.05, 0) is 61.8 Å². The Balaban J connectivity index is 1.31. The van der Waals surface area contributed by atoms with E-state index in [1.165, 1.54) is 41.1 Å². The number of benzene rings is 2. The lowest BCUT2D eigenvalue weighted by atomic mass is 9.63. The van der Waals surface area contributed by atoms with Gasteiger partial charge in [0, 0.05) is 42.9 Å². The van der Waals surface area contributed by atoms with Gasteiger partial charge < -0.3 is 38.1 Å². The summed E-state index contributed by atoms with van der Waals surface area (Å²) >= 11 is 0. The molecule has 1 N–H and O–H groups in total. The van der Waals surface area contributed by atoms with Crippen molar-refractivity contribution in [2.24, 2.45) is 17.8 Å². The summed E-state index contributed by atoms with van der Waals surface area (Å²) in [6.07, 6.45) is 0.616. The summed E-state index contributed by atoms with van der Waals surface area (Å²) in [6, 6.07) is 6.94. The second-order valence-corrected chi connectivity index (χ2v) is 12.4. The van der Waals surface area contributed by atoms with Gasteiger partial charge in [0.05, 0.1) is 58.6 Å². The van der Waals surface area contributed by atoms with Gasteiger partial charge in [0.1, 0.15) is 18.0 Å². The molecule has 6 rings (SSSR count). The van der Waals surface area contributed by atoms with Gasteiger partial charge in [0.25, 0.3) is 0 Å². The Morgan fingerprint density at radius 1 is 0.872 bits per heavy atom. The first-order valence-corrected chi connectivity index (χ1v) is 15.8. The van der Waals surface area contributed by atoms with Crippen LogP contribution in [0.3, 0.4) is 0 Å². The molecule has 3 aliphatic rings. The molecule has 3 aromatic rings. The topological polar surface area (TPSA) is 135 Å². The van der Waals surface area contributed by atoms with Crippen molar-refractivity contribution >= 4 is 28.6 Å². The van der Waals surface area contributed by atoms with E-state index in [4.69, 9.17) is 33.2 Å². The van der Waals surface area contributed by atoms with Crippen molar-refractivity contribution in [2.45, 2.75) is 44.4 Å². The number of aromatic nitrogens is 1. The van der Waals surface area contributed by atoms with Gasteiger partial charge >= 0.3 is 11.9 Å². The number of Topliss-reactive ketones (excluding diaryl/α,β-unsaturated/α-hetero) is 1. The lowest BCUT2D eigenvalue weighted by molar-refractivity contribution is -0.176. The van der Waals surface area contributed by atoms with Crippen LogP contribution in [0.4, 0.5) is 0 Å². The Morgan fingerprint density at radius 3 is 2.17 bits per heavy atom. The summed E-state index contributed by atoms with van der Waals surface area (Å²) in [5.74, 6) is -0.152. The molecule has 0 radical (unpaired) electrons. The first kappa shape index (κ1) is 32.6. The number of methoxy groups -OCH3 is 6. The molecule has 1 aromatic heterocycles. The SMILES string of the molecule is COC(=O)[C@H]1[C@H]2C[C@@H]3c4[nH]c5cc(OC)c(C(C)=O)cc5c4CCN3C[C@H]2C[C@@H](OC(=O)c2cc(OC)c(OC)c(OC)c2)[C@@H]1OC. The number of hydrogen-bond acceptors (Lipinski definition) is 11. The van der Waals surface area contributed by atoms with Crippen molar-refractivity contribution in [2.75, 3.05) is 55.7 Å². The molecule has 2 aromatic carbocycles. The predicted octanol–water partition coefficient (Wildman–Crippen LogP) is 4.37. The highest BCUT2D eigenvalue weighted by Gasteiger charge is 2.54. The highest BCUT2D eigenvalue weighted by Crippen LogP contribution is 2.51. The van der Waals surface area contributed by atoms with Gasteiger partial charge in [-0.15, -0.1) is 0 Å². The molecule has 0 unspecified atom stereocenters. The van der Waals surface area contributed by atoms with E-state index in [9.17, 15) is 14.4 Å². The summed E-state index contributed by atoms with van der Waals surface area (Å²) in [6.45, 7) is 3.08. The van der Waals surface area contributed by atoms with Crippen LogP contribution in [0.1, 0.15) is 57.8 Å². The van der Waals surface area contributed by atoms with E-state index in [1.807, 2.05) is 12.1 Å². The van der Waals surface area contributed by atoms with E-state index < -0.39 is 30.1 Å². The number of esters is 2. The minimum Gasteiger partial charge on any atom is -0.496 e. The van der Waals surface area contributed by atoms with E-state index in [1.54, 1.807) is 26.2 Å². The summed E-state index contributed by atoms with van der Waals surface area (Å²) < 4.78 is 39.2. The Kier molecular flexibility index (Phi) is 9.08. The average Bonchev–Trinajstić information content (AvgIpc) is 3.46. The Morgan fingerprint density at radius 2 is 1.57 bits per heavy atom. The molecular weight excluding hydrogens is 608 g/mol. The van der Waals surface area contributed by atoms with Crippen molar-refractivity contribution in [1.29, 1.82) is 0 Å². The maximum atomic E-state index is 13.6. The number of hydrogen-bond donors (Lipinski definition) is 1. The van der Waals surface area contributed by atoms with Crippen LogP contribution in [-0.2, 0) is 25.4 Å². The molecule has 12 heteroatoms. The molecule has 1 saturated heterocycles. The molecule has 3 heterocycles. The highest BCUT2D eigenvalue weighted by molar-refractivity contribution is 6.02. The number of nitrogens with zero attached hydrogens (tertiary/aromatic N) is 1. The van der Waals surface area contributed by atoms with Gasteiger partial charge in [-0.2, -0.15) is 0 Å². The Labute approximate surface area is 273 Å². The van der Waals surface area contributed by atoms with Gasteiger partial charge in [0.2, 0.25) is 5.75 Å². The third-order valence-corrected chi connectivity index (χ3v) is 10.3. The van der Waals surface area contributed by atoms with Crippen LogP contribution < -0.4 is 18.9 Å². The number of rotatable bonds is 9. The van der Waals surface area contributed by atoms with Crippen molar-refractivity contribution in [3.63, 3.8) is 0 Å². The normalized spacial score (nSPS) is 25.2. The zero-order valence-corrected chi connectivity index (χ0v) is 27.8. The molecule has 1 saturated carbocycles. The Hall–Kier alpha value is -4.29. The van der Waals surface area contributed by atoms with Crippen LogP contribution in [0, 0.1) is 17.8 Å². The van der Waals surface area contributed by atoms with Crippen molar-refractivity contribution < 1.29 is 47.5 Å². The first-order valence-electron chi connectivity index (χ1n) is 15.8. The fourth-order valence-electron chi connectivity index (χ4n) is 8.12. The van der Waals surface area contributed by atoms with Crippen molar-refractivity contribution in [1.82, 2.24) is 9.88 Å². The summed E-state index contributed by atoms with van der Waals surface area (Å²) in [4.78, 5) is 45.5.